The Hall–Kier alpha value is -2.70. The summed E-state index contributed by atoms with van der Waals surface area (Å²) in [6, 6.07) is 29.1. The van der Waals surface area contributed by atoms with Gasteiger partial charge in [-0.1, -0.05) is 91.3 Å². The average Bonchev–Trinajstić information content (AvgIpc) is 3.05. The molecule has 0 aromatic heterocycles. The van der Waals surface area contributed by atoms with Crippen LogP contribution in [0.5, 0.6) is 0 Å². The van der Waals surface area contributed by atoms with Gasteiger partial charge in [-0.3, -0.25) is 4.79 Å². The molecule has 3 aromatic rings. The molecule has 2 fully saturated rings. The Balaban J connectivity index is 1.26. The maximum Gasteiger partial charge on any atom is 0.223 e. The summed E-state index contributed by atoms with van der Waals surface area (Å²) < 4.78 is 0. The van der Waals surface area contributed by atoms with Crippen LogP contribution < -0.4 is 5.32 Å². The van der Waals surface area contributed by atoms with Gasteiger partial charge in [0.15, 0.2) is 0 Å². The zero-order chi connectivity index (χ0) is 30.1. The molecule has 0 aliphatic carbocycles. The van der Waals surface area contributed by atoms with Crippen molar-refractivity contribution in [2.45, 2.75) is 62.9 Å². The van der Waals surface area contributed by atoms with Gasteiger partial charge in [0.25, 0.3) is 0 Å². The number of aliphatic hydroxyl groups is 1. The topological polar surface area (TPSA) is 55.8 Å². The Morgan fingerprint density at radius 1 is 0.860 bits per heavy atom. The van der Waals surface area contributed by atoms with Crippen LogP contribution in [-0.4, -0.2) is 66.6 Å². The standard InChI is InChI=1S/C37H48ClN3O2/c1-2-23-40-25-18-30(19-26-40)35(42)39-29-36(31-10-5-3-6-11-31,32-12-7-4-8-13-32)20-9-24-41-27-21-37(43,22-28-41)33-14-16-34(38)17-15-33/h3-8,10-17,30,43H,2,9,18-29H2,1H3,(H,39,42). The molecule has 0 unspecified atom stereocenters. The van der Waals surface area contributed by atoms with Crippen molar-refractivity contribution in [3.05, 3.63) is 107 Å². The van der Waals surface area contributed by atoms with E-state index in [2.05, 4.69) is 82.7 Å². The third-order valence-corrected chi connectivity index (χ3v) is 10.1. The highest BCUT2D eigenvalue weighted by Crippen LogP contribution is 2.38. The third-order valence-electron chi connectivity index (χ3n) is 9.86. The van der Waals surface area contributed by atoms with Gasteiger partial charge in [-0.05, 0) is 99.9 Å². The smallest absolute Gasteiger partial charge is 0.223 e. The molecule has 1 amide bonds. The van der Waals surface area contributed by atoms with Crippen molar-refractivity contribution in [3.8, 4) is 0 Å². The number of amides is 1. The quantitative estimate of drug-likeness (QED) is 0.245. The van der Waals surface area contributed by atoms with Crippen LogP contribution >= 0.6 is 11.6 Å². The van der Waals surface area contributed by atoms with Gasteiger partial charge in [-0.2, -0.15) is 0 Å². The molecule has 2 saturated heterocycles. The maximum absolute atomic E-state index is 13.5. The van der Waals surface area contributed by atoms with Gasteiger partial charge in [0.05, 0.1) is 5.60 Å². The number of hydrogen-bond acceptors (Lipinski definition) is 4. The number of hydrogen-bond donors (Lipinski definition) is 2. The van der Waals surface area contributed by atoms with E-state index in [1.54, 1.807) is 0 Å². The number of rotatable bonds is 12. The molecule has 2 aliphatic heterocycles. The first-order chi connectivity index (χ1) is 20.9. The summed E-state index contributed by atoms with van der Waals surface area (Å²) in [6.07, 6.45) is 6.38. The van der Waals surface area contributed by atoms with Crippen LogP contribution in [0.15, 0.2) is 84.9 Å². The molecule has 5 nitrogen and oxygen atoms in total. The summed E-state index contributed by atoms with van der Waals surface area (Å²) >= 11 is 6.08. The summed E-state index contributed by atoms with van der Waals surface area (Å²) in [6.45, 7) is 8.63. The van der Waals surface area contributed by atoms with Crippen molar-refractivity contribution >= 4 is 17.5 Å². The van der Waals surface area contributed by atoms with Crippen molar-refractivity contribution in [1.82, 2.24) is 15.1 Å². The summed E-state index contributed by atoms with van der Waals surface area (Å²) in [5.74, 6) is 0.287. The van der Waals surface area contributed by atoms with Gasteiger partial charge in [0.1, 0.15) is 0 Å². The normalized spacial score (nSPS) is 18.4. The highest BCUT2D eigenvalue weighted by Gasteiger charge is 2.37. The van der Waals surface area contributed by atoms with E-state index in [4.69, 9.17) is 11.6 Å². The molecule has 2 aliphatic rings. The van der Waals surface area contributed by atoms with E-state index in [1.165, 1.54) is 11.1 Å². The number of likely N-dealkylation sites (tertiary alicyclic amines) is 2. The third kappa shape index (κ3) is 7.88. The zero-order valence-electron chi connectivity index (χ0n) is 25.7. The molecule has 3 aromatic carbocycles. The number of nitrogens with zero attached hydrogens (tertiary/aromatic N) is 2. The van der Waals surface area contributed by atoms with E-state index in [0.29, 0.717) is 24.4 Å². The summed E-state index contributed by atoms with van der Waals surface area (Å²) in [4.78, 5) is 18.5. The molecule has 0 radical (unpaired) electrons. The van der Waals surface area contributed by atoms with E-state index in [1.807, 2.05) is 24.3 Å². The number of carbonyl (C=O) groups is 1. The monoisotopic (exact) mass is 601 g/mol. The van der Waals surface area contributed by atoms with Crippen LogP contribution in [0.1, 0.15) is 68.6 Å². The lowest BCUT2D eigenvalue weighted by atomic mass is 9.71. The second-order valence-electron chi connectivity index (χ2n) is 12.6. The predicted octanol–water partition coefficient (Wildman–Crippen LogP) is 6.63. The Labute approximate surface area is 263 Å². The lowest BCUT2D eigenvalue weighted by molar-refractivity contribution is -0.126. The fraction of sp³-hybridized carbons (Fsp3) is 0.486. The van der Waals surface area contributed by atoms with E-state index in [-0.39, 0.29) is 17.2 Å². The lowest BCUT2D eigenvalue weighted by Gasteiger charge is -2.40. The van der Waals surface area contributed by atoms with Crippen molar-refractivity contribution in [2.75, 3.05) is 45.8 Å². The molecule has 0 spiro atoms. The van der Waals surface area contributed by atoms with Crippen LogP contribution in [-0.2, 0) is 15.8 Å². The second-order valence-corrected chi connectivity index (χ2v) is 13.1. The van der Waals surface area contributed by atoms with Gasteiger partial charge in [0, 0.05) is 36.0 Å². The van der Waals surface area contributed by atoms with E-state index in [0.717, 1.165) is 76.9 Å². The van der Waals surface area contributed by atoms with Gasteiger partial charge in [-0.25, -0.2) is 0 Å². The van der Waals surface area contributed by atoms with Crippen LogP contribution in [0.3, 0.4) is 0 Å². The summed E-state index contributed by atoms with van der Waals surface area (Å²) in [5.41, 5.74) is 2.33. The fourth-order valence-corrected chi connectivity index (χ4v) is 7.31. The first-order valence-electron chi connectivity index (χ1n) is 16.2. The zero-order valence-corrected chi connectivity index (χ0v) is 26.4. The molecular formula is C37H48ClN3O2. The van der Waals surface area contributed by atoms with E-state index in [9.17, 15) is 9.90 Å². The van der Waals surface area contributed by atoms with Gasteiger partial charge in [0.2, 0.25) is 5.91 Å². The first kappa shape index (κ1) is 31.7. The number of benzene rings is 3. The SMILES string of the molecule is CCCN1CCC(C(=O)NCC(CCCN2CCC(O)(c3ccc(Cl)cc3)CC2)(c2ccccc2)c2ccccc2)CC1. The minimum atomic E-state index is -0.796. The van der Waals surface area contributed by atoms with E-state index < -0.39 is 5.60 Å². The highest BCUT2D eigenvalue weighted by molar-refractivity contribution is 6.30. The number of piperidine rings is 2. The first-order valence-corrected chi connectivity index (χ1v) is 16.6. The molecule has 230 valence electrons. The number of nitrogens with one attached hydrogen (secondary N) is 1. The molecule has 2 heterocycles. The van der Waals surface area contributed by atoms with Gasteiger partial charge in [-0.15, -0.1) is 0 Å². The molecule has 6 heteroatoms. The lowest BCUT2D eigenvalue weighted by Crippen LogP contribution is -2.47. The Bertz CT molecular complexity index is 1230. The van der Waals surface area contributed by atoms with Crippen molar-refractivity contribution in [1.29, 1.82) is 0 Å². The Kier molecular flexibility index (Phi) is 11.0. The van der Waals surface area contributed by atoms with Gasteiger partial charge >= 0.3 is 0 Å². The molecule has 43 heavy (non-hydrogen) atoms. The van der Waals surface area contributed by atoms with E-state index >= 15 is 0 Å². The minimum absolute atomic E-state index is 0.0880. The average molecular weight is 602 g/mol. The molecule has 0 bridgehead atoms. The largest absolute Gasteiger partial charge is 0.385 e. The van der Waals surface area contributed by atoms with Crippen molar-refractivity contribution in [2.24, 2.45) is 5.92 Å². The number of carbonyl (C=O) groups excluding carboxylic acids is 1. The van der Waals surface area contributed by atoms with Crippen molar-refractivity contribution < 1.29 is 9.90 Å². The molecular weight excluding hydrogens is 554 g/mol. The van der Waals surface area contributed by atoms with Crippen LogP contribution in [0.25, 0.3) is 0 Å². The van der Waals surface area contributed by atoms with Crippen LogP contribution in [0.4, 0.5) is 0 Å². The molecule has 0 atom stereocenters. The molecule has 2 N–H and O–H groups in total. The van der Waals surface area contributed by atoms with Crippen molar-refractivity contribution in [3.63, 3.8) is 0 Å². The molecule has 0 saturated carbocycles. The summed E-state index contributed by atoms with van der Waals surface area (Å²) in [7, 11) is 0. The number of halogens is 1. The molecule has 5 rings (SSSR count). The Morgan fingerprint density at radius 3 is 1.98 bits per heavy atom. The van der Waals surface area contributed by atoms with Gasteiger partial charge < -0.3 is 20.2 Å². The minimum Gasteiger partial charge on any atom is -0.385 e. The van der Waals surface area contributed by atoms with Crippen LogP contribution in [0.2, 0.25) is 5.02 Å². The summed E-state index contributed by atoms with van der Waals surface area (Å²) in [5, 5.41) is 15.5. The fourth-order valence-electron chi connectivity index (χ4n) is 7.18. The Morgan fingerprint density at radius 2 is 1.42 bits per heavy atom. The van der Waals surface area contributed by atoms with Crippen LogP contribution in [0, 0.1) is 5.92 Å². The highest BCUT2D eigenvalue weighted by atomic mass is 35.5. The second kappa shape index (κ2) is 14.9. The predicted molar refractivity (Wildman–Crippen MR) is 176 cm³/mol. The maximum atomic E-state index is 13.5.